The standard InChI is InChI=1S/C13H18Cl2N2O/c1-8-10(5-6-18-8)12(17-16)7-9-3-2-4-11(14)13(9)15/h2-4,8,10,12,17H,5-7,16H2,1H3. The Labute approximate surface area is 118 Å². The molecule has 1 aliphatic rings. The molecule has 2 rings (SSSR count). The van der Waals surface area contributed by atoms with Gasteiger partial charge in [0.05, 0.1) is 16.1 Å². The monoisotopic (exact) mass is 288 g/mol. The minimum Gasteiger partial charge on any atom is -0.378 e. The molecule has 1 heterocycles. The Morgan fingerprint density at radius 3 is 2.89 bits per heavy atom. The fourth-order valence-corrected chi connectivity index (χ4v) is 2.95. The molecule has 1 aromatic rings. The molecule has 0 amide bonds. The Hall–Kier alpha value is -0.320. The van der Waals surface area contributed by atoms with Crippen molar-refractivity contribution in [2.24, 2.45) is 11.8 Å². The van der Waals surface area contributed by atoms with E-state index in [1.807, 2.05) is 12.1 Å². The lowest BCUT2D eigenvalue weighted by molar-refractivity contribution is 0.0954. The zero-order valence-electron chi connectivity index (χ0n) is 10.3. The summed E-state index contributed by atoms with van der Waals surface area (Å²) in [6, 6.07) is 5.84. The van der Waals surface area contributed by atoms with Crippen LogP contribution < -0.4 is 11.3 Å². The van der Waals surface area contributed by atoms with E-state index in [9.17, 15) is 0 Å². The molecule has 3 N–H and O–H groups in total. The third kappa shape index (κ3) is 2.98. The maximum absolute atomic E-state index is 6.21. The number of nitrogens with one attached hydrogen (secondary N) is 1. The number of nitrogens with two attached hydrogens (primary N) is 1. The van der Waals surface area contributed by atoms with Crippen molar-refractivity contribution in [3.63, 3.8) is 0 Å². The van der Waals surface area contributed by atoms with Gasteiger partial charge < -0.3 is 4.74 Å². The van der Waals surface area contributed by atoms with Crippen LogP contribution in [0, 0.1) is 5.92 Å². The number of ether oxygens (including phenoxy) is 1. The summed E-state index contributed by atoms with van der Waals surface area (Å²) >= 11 is 12.2. The van der Waals surface area contributed by atoms with Gasteiger partial charge in [-0.05, 0) is 31.4 Å². The highest BCUT2D eigenvalue weighted by Gasteiger charge is 2.31. The van der Waals surface area contributed by atoms with Crippen LogP contribution in [0.2, 0.25) is 10.0 Å². The highest BCUT2D eigenvalue weighted by atomic mass is 35.5. The van der Waals surface area contributed by atoms with Gasteiger partial charge in [0.25, 0.3) is 0 Å². The largest absolute Gasteiger partial charge is 0.378 e. The van der Waals surface area contributed by atoms with Crippen molar-refractivity contribution < 1.29 is 4.74 Å². The van der Waals surface area contributed by atoms with Crippen molar-refractivity contribution in [1.29, 1.82) is 0 Å². The van der Waals surface area contributed by atoms with Gasteiger partial charge >= 0.3 is 0 Å². The molecule has 1 aromatic carbocycles. The highest BCUT2D eigenvalue weighted by molar-refractivity contribution is 6.42. The number of hydrazine groups is 1. The molecule has 100 valence electrons. The Bertz CT molecular complexity index is 414. The SMILES string of the molecule is CC1OCCC1C(Cc1cccc(Cl)c1Cl)NN. The summed E-state index contributed by atoms with van der Waals surface area (Å²) in [5, 5.41) is 1.20. The second kappa shape index (κ2) is 6.22. The van der Waals surface area contributed by atoms with Crippen LogP contribution in [0.15, 0.2) is 18.2 Å². The van der Waals surface area contributed by atoms with Gasteiger partial charge in [-0.15, -0.1) is 0 Å². The summed E-state index contributed by atoms with van der Waals surface area (Å²) in [5.74, 6) is 6.08. The number of hydrogen-bond acceptors (Lipinski definition) is 3. The molecule has 18 heavy (non-hydrogen) atoms. The maximum Gasteiger partial charge on any atom is 0.0624 e. The molecule has 1 fully saturated rings. The summed E-state index contributed by atoms with van der Waals surface area (Å²) < 4.78 is 5.59. The van der Waals surface area contributed by atoms with E-state index < -0.39 is 0 Å². The van der Waals surface area contributed by atoms with E-state index in [0.717, 1.165) is 25.0 Å². The zero-order chi connectivity index (χ0) is 13.1. The fraction of sp³-hybridized carbons (Fsp3) is 0.538. The molecule has 0 aromatic heterocycles. The van der Waals surface area contributed by atoms with Crippen molar-refractivity contribution in [3.05, 3.63) is 33.8 Å². The van der Waals surface area contributed by atoms with Crippen LogP contribution in [0.1, 0.15) is 18.9 Å². The van der Waals surface area contributed by atoms with Crippen LogP contribution in [0.3, 0.4) is 0 Å². The lowest BCUT2D eigenvalue weighted by Crippen LogP contribution is -2.44. The van der Waals surface area contributed by atoms with Gasteiger partial charge in [0.15, 0.2) is 0 Å². The molecule has 1 saturated heterocycles. The van der Waals surface area contributed by atoms with E-state index in [2.05, 4.69) is 12.3 Å². The number of benzene rings is 1. The van der Waals surface area contributed by atoms with E-state index >= 15 is 0 Å². The van der Waals surface area contributed by atoms with Gasteiger partial charge in [0.2, 0.25) is 0 Å². The predicted molar refractivity (Wildman–Crippen MR) is 74.8 cm³/mol. The molecule has 3 atom stereocenters. The summed E-state index contributed by atoms with van der Waals surface area (Å²) in [5.41, 5.74) is 3.91. The van der Waals surface area contributed by atoms with Crippen LogP contribution >= 0.6 is 23.2 Å². The van der Waals surface area contributed by atoms with Gasteiger partial charge in [-0.25, -0.2) is 0 Å². The third-order valence-corrected chi connectivity index (χ3v) is 4.50. The summed E-state index contributed by atoms with van der Waals surface area (Å²) in [6.45, 7) is 2.88. The molecule has 0 radical (unpaired) electrons. The first kappa shape index (κ1) is 14.1. The average Bonchev–Trinajstić information content (AvgIpc) is 2.77. The lowest BCUT2D eigenvalue weighted by Gasteiger charge is -2.25. The third-order valence-electron chi connectivity index (χ3n) is 3.64. The molecular formula is C13H18Cl2N2O. The smallest absolute Gasteiger partial charge is 0.0624 e. The molecule has 0 spiro atoms. The van der Waals surface area contributed by atoms with E-state index in [4.69, 9.17) is 33.8 Å². The predicted octanol–water partition coefficient (Wildman–Crippen LogP) is 2.79. The Morgan fingerprint density at radius 2 is 2.28 bits per heavy atom. The van der Waals surface area contributed by atoms with Crippen LogP contribution in [0.5, 0.6) is 0 Å². The first-order valence-electron chi connectivity index (χ1n) is 6.14. The molecule has 3 unspecified atom stereocenters. The second-order valence-corrected chi connectivity index (χ2v) is 5.50. The van der Waals surface area contributed by atoms with Crippen LogP contribution in [0.4, 0.5) is 0 Å². The second-order valence-electron chi connectivity index (χ2n) is 4.72. The Balaban J connectivity index is 2.12. The number of halogens is 2. The molecule has 1 aliphatic heterocycles. The zero-order valence-corrected chi connectivity index (χ0v) is 11.8. The first-order valence-corrected chi connectivity index (χ1v) is 6.89. The van der Waals surface area contributed by atoms with Gasteiger partial charge in [-0.1, -0.05) is 35.3 Å². The molecule has 0 bridgehead atoms. The van der Waals surface area contributed by atoms with Crippen molar-refractivity contribution in [3.8, 4) is 0 Å². The van der Waals surface area contributed by atoms with Crippen LogP contribution in [0.25, 0.3) is 0 Å². The van der Waals surface area contributed by atoms with Crippen molar-refractivity contribution >= 4 is 23.2 Å². The minimum absolute atomic E-state index is 0.151. The van der Waals surface area contributed by atoms with Gasteiger partial charge in [0, 0.05) is 18.6 Å². The normalized spacial score (nSPS) is 25.3. The van der Waals surface area contributed by atoms with Crippen molar-refractivity contribution in [2.45, 2.75) is 31.9 Å². The Kier molecular flexibility index (Phi) is 4.87. The molecule has 5 heteroatoms. The van der Waals surface area contributed by atoms with E-state index in [-0.39, 0.29) is 12.1 Å². The molecule has 0 saturated carbocycles. The van der Waals surface area contributed by atoms with E-state index in [1.54, 1.807) is 6.07 Å². The molecule has 3 nitrogen and oxygen atoms in total. The van der Waals surface area contributed by atoms with Crippen LogP contribution in [-0.2, 0) is 11.2 Å². The summed E-state index contributed by atoms with van der Waals surface area (Å²) in [6.07, 6.45) is 2.01. The summed E-state index contributed by atoms with van der Waals surface area (Å²) in [4.78, 5) is 0. The average molecular weight is 289 g/mol. The number of hydrogen-bond donors (Lipinski definition) is 2. The van der Waals surface area contributed by atoms with Gasteiger partial charge in [0.1, 0.15) is 0 Å². The molecule has 0 aliphatic carbocycles. The van der Waals surface area contributed by atoms with Crippen molar-refractivity contribution in [1.82, 2.24) is 5.43 Å². The summed E-state index contributed by atoms with van der Waals surface area (Å²) in [7, 11) is 0. The van der Waals surface area contributed by atoms with Gasteiger partial charge in [-0.2, -0.15) is 0 Å². The molecular weight excluding hydrogens is 271 g/mol. The van der Waals surface area contributed by atoms with E-state index in [0.29, 0.717) is 16.0 Å². The topological polar surface area (TPSA) is 47.3 Å². The van der Waals surface area contributed by atoms with Crippen molar-refractivity contribution in [2.75, 3.05) is 6.61 Å². The quantitative estimate of drug-likeness (QED) is 0.662. The highest BCUT2D eigenvalue weighted by Crippen LogP contribution is 2.30. The van der Waals surface area contributed by atoms with E-state index in [1.165, 1.54) is 0 Å². The first-order chi connectivity index (χ1) is 8.63. The Morgan fingerprint density at radius 1 is 1.50 bits per heavy atom. The van der Waals surface area contributed by atoms with Gasteiger partial charge in [-0.3, -0.25) is 11.3 Å². The fourth-order valence-electron chi connectivity index (χ4n) is 2.55. The minimum atomic E-state index is 0.151. The lowest BCUT2D eigenvalue weighted by atomic mass is 9.89. The maximum atomic E-state index is 6.21. The number of rotatable bonds is 4. The van der Waals surface area contributed by atoms with Crippen LogP contribution in [-0.4, -0.2) is 18.8 Å².